The van der Waals surface area contributed by atoms with E-state index in [2.05, 4.69) is 32.3 Å². The van der Waals surface area contributed by atoms with Gasteiger partial charge in [-0.25, -0.2) is 0 Å². The van der Waals surface area contributed by atoms with Crippen LogP contribution in [0.1, 0.15) is 46.2 Å². The average molecular weight is 236 g/mol. The van der Waals surface area contributed by atoms with Crippen molar-refractivity contribution in [1.82, 2.24) is 5.43 Å². The van der Waals surface area contributed by atoms with Gasteiger partial charge in [0, 0.05) is 5.56 Å². The fourth-order valence-electron chi connectivity index (χ4n) is 1.89. The molecule has 17 heavy (non-hydrogen) atoms. The van der Waals surface area contributed by atoms with Crippen LogP contribution in [-0.2, 0) is 0 Å². The molecular formula is C14H24N2O. The molecule has 0 aliphatic carbocycles. The van der Waals surface area contributed by atoms with Crippen molar-refractivity contribution in [1.29, 1.82) is 0 Å². The molecule has 96 valence electrons. The summed E-state index contributed by atoms with van der Waals surface area (Å²) in [6, 6.07) is 8.12. The molecule has 0 heterocycles. The lowest BCUT2D eigenvalue weighted by Gasteiger charge is -2.31. The van der Waals surface area contributed by atoms with E-state index in [0.717, 1.165) is 11.3 Å². The molecule has 3 N–H and O–H groups in total. The first kappa shape index (κ1) is 14.0. The van der Waals surface area contributed by atoms with E-state index < -0.39 is 0 Å². The molecule has 0 amide bonds. The Morgan fingerprint density at radius 2 is 1.76 bits per heavy atom. The molecule has 0 aromatic heterocycles. The van der Waals surface area contributed by atoms with Gasteiger partial charge in [0.05, 0.1) is 12.1 Å². The summed E-state index contributed by atoms with van der Waals surface area (Å²) in [7, 11) is 0. The summed E-state index contributed by atoms with van der Waals surface area (Å²) in [4.78, 5) is 0. The first-order valence-corrected chi connectivity index (χ1v) is 6.08. The average Bonchev–Trinajstić information content (AvgIpc) is 2.18. The molecule has 3 heteroatoms. The molecule has 0 fully saturated rings. The highest BCUT2D eigenvalue weighted by Crippen LogP contribution is 2.36. The maximum atomic E-state index is 5.83. The summed E-state index contributed by atoms with van der Waals surface area (Å²) in [6.45, 7) is 10.5. The van der Waals surface area contributed by atoms with Crippen LogP contribution in [0, 0.1) is 5.41 Å². The van der Waals surface area contributed by atoms with Gasteiger partial charge >= 0.3 is 0 Å². The molecule has 1 aromatic carbocycles. The van der Waals surface area contributed by atoms with E-state index in [-0.39, 0.29) is 17.6 Å². The molecule has 0 spiro atoms. The van der Waals surface area contributed by atoms with Crippen LogP contribution in [0.25, 0.3) is 0 Å². The summed E-state index contributed by atoms with van der Waals surface area (Å²) in [5.74, 6) is 6.59. The SMILES string of the molecule is CC(C)Oc1ccccc1C(NN)C(C)(C)C. The zero-order valence-electron chi connectivity index (χ0n) is 11.4. The summed E-state index contributed by atoms with van der Waals surface area (Å²) in [6.07, 6.45) is 0.162. The standard InChI is InChI=1S/C14H24N2O/c1-10(2)17-12-9-7-6-8-11(12)13(16-15)14(3,4)5/h6-10,13,16H,15H2,1-5H3. The third-order valence-electron chi connectivity index (χ3n) is 2.63. The molecule has 1 rings (SSSR count). The first-order chi connectivity index (χ1) is 7.86. The number of ether oxygens (including phenoxy) is 1. The number of nitrogens with one attached hydrogen (secondary N) is 1. The molecule has 0 bridgehead atoms. The Morgan fingerprint density at radius 1 is 1.18 bits per heavy atom. The van der Waals surface area contributed by atoms with E-state index in [4.69, 9.17) is 10.6 Å². The molecule has 1 aromatic rings. The van der Waals surface area contributed by atoms with Crippen molar-refractivity contribution >= 4 is 0 Å². The lowest BCUT2D eigenvalue weighted by Crippen LogP contribution is -2.37. The summed E-state index contributed by atoms with van der Waals surface area (Å²) >= 11 is 0. The fraction of sp³-hybridized carbons (Fsp3) is 0.571. The topological polar surface area (TPSA) is 47.3 Å². The summed E-state index contributed by atoms with van der Waals surface area (Å²) < 4.78 is 5.83. The quantitative estimate of drug-likeness (QED) is 0.624. The second-order valence-corrected chi connectivity index (χ2v) is 5.67. The molecule has 3 nitrogen and oxygen atoms in total. The van der Waals surface area contributed by atoms with Crippen LogP contribution in [-0.4, -0.2) is 6.10 Å². The maximum Gasteiger partial charge on any atom is 0.124 e. The van der Waals surface area contributed by atoms with Gasteiger partial charge in [0.15, 0.2) is 0 Å². The number of benzene rings is 1. The van der Waals surface area contributed by atoms with Crippen LogP contribution >= 0.6 is 0 Å². The van der Waals surface area contributed by atoms with Gasteiger partial charge in [-0.05, 0) is 25.3 Å². The first-order valence-electron chi connectivity index (χ1n) is 6.08. The molecule has 1 atom stereocenters. The van der Waals surface area contributed by atoms with Crippen LogP contribution in [0.15, 0.2) is 24.3 Å². The van der Waals surface area contributed by atoms with Crippen molar-refractivity contribution in [2.24, 2.45) is 11.3 Å². The second-order valence-electron chi connectivity index (χ2n) is 5.67. The van der Waals surface area contributed by atoms with E-state index in [1.165, 1.54) is 0 Å². The molecule has 0 saturated heterocycles. The van der Waals surface area contributed by atoms with Crippen LogP contribution in [0.5, 0.6) is 5.75 Å². The third kappa shape index (κ3) is 3.72. The van der Waals surface area contributed by atoms with E-state index in [1.54, 1.807) is 0 Å². The zero-order valence-corrected chi connectivity index (χ0v) is 11.4. The van der Waals surface area contributed by atoms with Crippen molar-refractivity contribution in [3.8, 4) is 5.75 Å². The van der Waals surface area contributed by atoms with Crippen LogP contribution in [0.2, 0.25) is 0 Å². The molecule has 0 radical (unpaired) electrons. The van der Waals surface area contributed by atoms with Crippen molar-refractivity contribution in [2.45, 2.75) is 46.8 Å². The number of hydrogen-bond donors (Lipinski definition) is 2. The number of para-hydroxylation sites is 1. The number of hydrogen-bond acceptors (Lipinski definition) is 3. The van der Waals surface area contributed by atoms with E-state index >= 15 is 0 Å². The predicted molar refractivity (Wildman–Crippen MR) is 71.7 cm³/mol. The summed E-state index contributed by atoms with van der Waals surface area (Å²) in [5.41, 5.74) is 4.03. The Labute approximate surface area is 104 Å². The van der Waals surface area contributed by atoms with Crippen molar-refractivity contribution < 1.29 is 4.74 Å². The fourth-order valence-corrected chi connectivity index (χ4v) is 1.89. The van der Waals surface area contributed by atoms with Gasteiger partial charge in [0.2, 0.25) is 0 Å². The molecule has 0 aliphatic rings. The maximum absolute atomic E-state index is 5.83. The highest BCUT2D eigenvalue weighted by Gasteiger charge is 2.27. The Morgan fingerprint density at radius 3 is 2.24 bits per heavy atom. The van der Waals surface area contributed by atoms with Crippen LogP contribution in [0.3, 0.4) is 0 Å². The smallest absolute Gasteiger partial charge is 0.124 e. The lowest BCUT2D eigenvalue weighted by molar-refractivity contribution is 0.222. The monoisotopic (exact) mass is 236 g/mol. The Hall–Kier alpha value is -1.06. The van der Waals surface area contributed by atoms with Gasteiger partial charge in [-0.1, -0.05) is 39.0 Å². The minimum absolute atomic E-state index is 0.0329. The highest BCUT2D eigenvalue weighted by molar-refractivity contribution is 5.37. The van der Waals surface area contributed by atoms with E-state index in [1.807, 2.05) is 32.0 Å². The Bertz CT molecular complexity index is 355. The van der Waals surface area contributed by atoms with Gasteiger partial charge < -0.3 is 4.74 Å². The van der Waals surface area contributed by atoms with Gasteiger partial charge in [-0.2, -0.15) is 0 Å². The van der Waals surface area contributed by atoms with Gasteiger partial charge in [-0.15, -0.1) is 0 Å². The van der Waals surface area contributed by atoms with Crippen LogP contribution < -0.4 is 16.0 Å². The van der Waals surface area contributed by atoms with Crippen molar-refractivity contribution in [2.75, 3.05) is 0 Å². The minimum atomic E-state index is 0.0329. The van der Waals surface area contributed by atoms with E-state index in [0.29, 0.717) is 0 Å². The molecule has 0 saturated carbocycles. The number of nitrogens with two attached hydrogens (primary N) is 1. The van der Waals surface area contributed by atoms with Gasteiger partial charge in [0.25, 0.3) is 0 Å². The van der Waals surface area contributed by atoms with Crippen molar-refractivity contribution in [3.05, 3.63) is 29.8 Å². The highest BCUT2D eigenvalue weighted by atomic mass is 16.5. The zero-order chi connectivity index (χ0) is 13.1. The Balaban J connectivity index is 3.10. The second kappa shape index (κ2) is 5.52. The number of hydrazine groups is 1. The number of rotatable bonds is 4. The van der Waals surface area contributed by atoms with E-state index in [9.17, 15) is 0 Å². The third-order valence-corrected chi connectivity index (χ3v) is 2.63. The lowest BCUT2D eigenvalue weighted by atomic mass is 9.82. The van der Waals surface area contributed by atoms with Gasteiger partial charge in [-0.3, -0.25) is 11.3 Å². The van der Waals surface area contributed by atoms with Crippen molar-refractivity contribution in [3.63, 3.8) is 0 Å². The molecular weight excluding hydrogens is 212 g/mol. The normalized spacial score (nSPS) is 13.8. The molecule has 1 unspecified atom stereocenters. The molecule has 0 aliphatic heterocycles. The largest absolute Gasteiger partial charge is 0.491 e. The van der Waals surface area contributed by atoms with Crippen LogP contribution in [0.4, 0.5) is 0 Å². The minimum Gasteiger partial charge on any atom is -0.491 e. The summed E-state index contributed by atoms with van der Waals surface area (Å²) in [5, 5.41) is 0. The Kier molecular flexibility index (Phi) is 4.54. The van der Waals surface area contributed by atoms with Gasteiger partial charge in [0.1, 0.15) is 5.75 Å². The predicted octanol–water partition coefficient (Wildman–Crippen LogP) is 3.02.